The number of halogens is 1. The number of nitrogens with zero attached hydrogens (tertiary/aromatic N) is 2. The van der Waals surface area contributed by atoms with Gasteiger partial charge in [-0.15, -0.1) is 0 Å². The third-order valence-electron chi connectivity index (χ3n) is 2.48. The highest BCUT2D eigenvalue weighted by molar-refractivity contribution is 9.10. The second-order valence-electron chi connectivity index (χ2n) is 5.17. The molecule has 0 N–H and O–H groups in total. The molecule has 0 amide bonds. The van der Waals surface area contributed by atoms with E-state index >= 15 is 0 Å². The highest BCUT2D eigenvalue weighted by Gasteiger charge is 2.20. The fraction of sp³-hybridized carbons (Fsp3) is 0.286. The average Bonchev–Trinajstić information content (AvgIpc) is 2.64. The molecule has 0 atom stereocenters. The van der Waals surface area contributed by atoms with Crippen LogP contribution in [-0.4, -0.2) is 16.3 Å². The van der Waals surface area contributed by atoms with Crippen LogP contribution in [0.15, 0.2) is 28.9 Å². The first-order valence-corrected chi connectivity index (χ1v) is 6.55. The van der Waals surface area contributed by atoms with Crippen LogP contribution in [-0.2, 0) is 4.74 Å². The molecule has 0 radical (unpaired) electrons. The highest BCUT2D eigenvalue weighted by atomic mass is 79.9. The lowest BCUT2D eigenvalue weighted by atomic mass is 10.2. The zero-order valence-electron chi connectivity index (χ0n) is 10.9. The third-order valence-corrected chi connectivity index (χ3v) is 3.11. The maximum Gasteiger partial charge on any atom is 0.419 e. The molecule has 5 heteroatoms. The van der Waals surface area contributed by atoms with E-state index in [0.29, 0.717) is 11.1 Å². The molecule has 0 saturated heterocycles. The SMILES string of the molecule is CC(C)(C)OC(=O)n1cc(Br)c2cc(C#N)ccc21. The van der Waals surface area contributed by atoms with Crippen molar-refractivity contribution in [2.75, 3.05) is 0 Å². The van der Waals surface area contributed by atoms with Gasteiger partial charge in [0.25, 0.3) is 0 Å². The van der Waals surface area contributed by atoms with Crippen LogP contribution in [0.25, 0.3) is 10.9 Å². The van der Waals surface area contributed by atoms with Crippen LogP contribution in [0.2, 0.25) is 0 Å². The monoisotopic (exact) mass is 320 g/mol. The summed E-state index contributed by atoms with van der Waals surface area (Å²) in [4.78, 5) is 12.1. The van der Waals surface area contributed by atoms with E-state index in [9.17, 15) is 4.79 Å². The Morgan fingerprint density at radius 1 is 1.42 bits per heavy atom. The van der Waals surface area contributed by atoms with Gasteiger partial charge in [-0.1, -0.05) is 0 Å². The molecule has 0 bridgehead atoms. The Bertz CT molecular complexity index is 690. The van der Waals surface area contributed by atoms with Crippen molar-refractivity contribution in [2.24, 2.45) is 0 Å². The number of ether oxygens (including phenoxy) is 1. The highest BCUT2D eigenvalue weighted by Crippen LogP contribution is 2.27. The van der Waals surface area contributed by atoms with Crippen LogP contribution in [0, 0.1) is 11.3 Å². The van der Waals surface area contributed by atoms with E-state index in [-0.39, 0.29) is 0 Å². The quantitative estimate of drug-likeness (QED) is 0.735. The largest absolute Gasteiger partial charge is 0.443 e. The molecule has 0 unspecified atom stereocenters. The summed E-state index contributed by atoms with van der Waals surface area (Å²) in [7, 11) is 0. The predicted octanol–water partition coefficient (Wildman–Crippen LogP) is 4.06. The van der Waals surface area contributed by atoms with Crippen molar-refractivity contribution in [3.05, 3.63) is 34.4 Å². The van der Waals surface area contributed by atoms with Crippen LogP contribution in [0.3, 0.4) is 0 Å². The molecule has 0 aliphatic heterocycles. The number of hydrogen-bond donors (Lipinski definition) is 0. The average molecular weight is 321 g/mol. The van der Waals surface area contributed by atoms with E-state index in [1.807, 2.05) is 20.8 Å². The smallest absolute Gasteiger partial charge is 0.419 e. The van der Waals surface area contributed by atoms with E-state index in [4.69, 9.17) is 10.00 Å². The molecule has 4 nitrogen and oxygen atoms in total. The summed E-state index contributed by atoms with van der Waals surface area (Å²) in [6.07, 6.45) is 1.22. The zero-order chi connectivity index (χ0) is 14.2. The van der Waals surface area contributed by atoms with Gasteiger partial charge in [0.2, 0.25) is 0 Å². The maximum absolute atomic E-state index is 12.1. The summed E-state index contributed by atoms with van der Waals surface area (Å²) < 4.78 is 7.53. The molecule has 0 fully saturated rings. The minimum atomic E-state index is -0.549. The molecule has 2 aromatic rings. The molecule has 1 aromatic carbocycles. The summed E-state index contributed by atoms with van der Waals surface area (Å²) in [6.45, 7) is 5.46. The minimum absolute atomic E-state index is 0.437. The first-order valence-electron chi connectivity index (χ1n) is 5.76. The van der Waals surface area contributed by atoms with E-state index in [1.165, 1.54) is 4.57 Å². The van der Waals surface area contributed by atoms with Gasteiger partial charge in [-0.25, -0.2) is 4.79 Å². The molecule has 0 spiro atoms. The minimum Gasteiger partial charge on any atom is -0.443 e. The number of aromatic nitrogens is 1. The first kappa shape index (κ1) is 13.6. The fourth-order valence-corrected chi connectivity index (χ4v) is 2.24. The van der Waals surface area contributed by atoms with Gasteiger partial charge in [0.15, 0.2) is 0 Å². The molecule has 0 saturated carbocycles. The maximum atomic E-state index is 12.1. The number of fused-ring (bicyclic) bond motifs is 1. The Balaban J connectivity index is 2.52. The van der Waals surface area contributed by atoms with Gasteiger partial charge in [-0.3, -0.25) is 4.57 Å². The number of benzene rings is 1. The van der Waals surface area contributed by atoms with Crippen molar-refractivity contribution in [1.29, 1.82) is 5.26 Å². The Labute approximate surface area is 119 Å². The number of rotatable bonds is 0. The number of carbonyl (C=O) groups excluding carboxylic acids is 1. The summed E-state index contributed by atoms with van der Waals surface area (Å²) in [5, 5.41) is 9.70. The van der Waals surface area contributed by atoms with Gasteiger partial charge >= 0.3 is 6.09 Å². The van der Waals surface area contributed by atoms with Crippen molar-refractivity contribution in [3.63, 3.8) is 0 Å². The molecule has 1 heterocycles. The van der Waals surface area contributed by atoms with E-state index < -0.39 is 11.7 Å². The van der Waals surface area contributed by atoms with Gasteiger partial charge in [0, 0.05) is 16.1 Å². The Morgan fingerprint density at radius 2 is 2.11 bits per heavy atom. The van der Waals surface area contributed by atoms with Gasteiger partial charge < -0.3 is 4.74 Å². The Kier molecular flexibility index (Phi) is 3.38. The molecule has 0 aliphatic rings. The molecule has 1 aromatic heterocycles. The summed E-state index contributed by atoms with van der Waals surface area (Å²) >= 11 is 3.39. The van der Waals surface area contributed by atoms with E-state index in [2.05, 4.69) is 22.0 Å². The molecule has 0 aliphatic carbocycles. The Hall–Kier alpha value is -1.80. The van der Waals surface area contributed by atoms with Crippen molar-refractivity contribution in [3.8, 4) is 6.07 Å². The normalized spacial score (nSPS) is 11.3. The second kappa shape index (κ2) is 4.71. The van der Waals surface area contributed by atoms with Gasteiger partial charge in [0.1, 0.15) is 5.60 Å². The van der Waals surface area contributed by atoms with Gasteiger partial charge in [-0.2, -0.15) is 5.26 Å². The molecule has 2 rings (SSSR count). The molecule has 19 heavy (non-hydrogen) atoms. The third kappa shape index (κ3) is 2.79. The number of carbonyl (C=O) groups is 1. The van der Waals surface area contributed by atoms with Crippen LogP contribution >= 0.6 is 15.9 Å². The van der Waals surface area contributed by atoms with Crippen LogP contribution < -0.4 is 0 Å². The van der Waals surface area contributed by atoms with Crippen molar-refractivity contribution < 1.29 is 9.53 Å². The lowest BCUT2D eigenvalue weighted by Crippen LogP contribution is -2.26. The van der Waals surface area contributed by atoms with Crippen LogP contribution in [0.1, 0.15) is 26.3 Å². The first-order chi connectivity index (χ1) is 8.81. The van der Waals surface area contributed by atoms with Crippen molar-refractivity contribution in [2.45, 2.75) is 26.4 Å². The lowest BCUT2D eigenvalue weighted by Gasteiger charge is -2.19. The molecular weight excluding hydrogens is 308 g/mol. The standard InChI is InChI=1S/C14H13BrN2O2/c1-14(2,3)19-13(18)17-8-11(15)10-6-9(7-16)4-5-12(10)17/h4-6,8H,1-3H3. The Morgan fingerprint density at radius 3 is 2.68 bits per heavy atom. The van der Waals surface area contributed by atoms with Crippen LogP contribution in [0.5, 0.6) is 0 Å². The lowest BCUT2D eigenvalue weighted by molar-refractivity contribution is 0.0544. The second-order valence-corrected chi connectivity index (χ2v) is 6.03. The van der Waals surface area contributed by atoms with Crippen molar-refractivity contribution in [1.82, 2.24) is 4.57 Å². The summed E-state index contributed by atoms with van der Waals surface area (Å²) in [5.74, 6) is 0. The number of hydrogen-bond acceptors (Lipinski definition) is 3. The molecule has 98 valence electrons. The van der Waals surface area contributed by atoms with Gasteiger partial charge in [0.05, 0.1) is 17.1 Å². The summed E-state index contributed by atoms with van der Waals surface area (Å²) in [5.41, 5.74) is 0.711. The van der Waals surface area contributed by atoms with Crippen LogP contribution in [0.4, 0.5) is 4.79 Å². The fourth-order valence-electron chi connectivity index (χ4n) is 1.72. The topological polar surface area (TPSA) is 55.0 Å². The predicted molar refractivity (Wildman–Crippen MR) is 76.0 cm³/mol. The van der Waals surface area contributed by atoms with E-state index in [0.717, 1.165) is 9.86 Å². The summed E-state index contributed by atoms with van der Waals surface area (Å²) in [6, 6.07) is 7.23. The van der Waals surface area contributed by atoms with Gasteiger partial charge in [-0.05, 0) is 54.9 Å². The molecular formula is C14H13BrN2O2. The van der Waals surface area contributed by atoms with Crippen molar-refractivity contribution >= 4 is 32.9 Å². The zero-order valence-corrected chi connectivity index (χ0v) is 12.5. The number of nitriles is 1. The van der Waals surface area contributed by atoms with E-state index in [1.54, 1.807) is 24.4 Å².